The van der Waals surface area contributed by atoms with E-state index in [0.29, 0.717) is 35.3 Å². The molecule has 0 radical (unpaired) electrons. The monoisotopic (exact) mass is 420 g/mol. The van der Waals surface area contributed by atoms with Gasteiger partial charge in [-0.15, -0.1) is 11.6 Å². The first-order valence-corrected chi connectivity index (χ1v) is 9.66. The molecule has 0 N–H and O–H groups in total. The predicted molar refractivity (Wildman–Crippen MR) is 109 cm³/mol. The van der Waals surface area contributed by atoms with Gasteiger partial charge in [-0.3, -0.25) is 14.4 Å². The number of allylic oxidation sites excluding steroid dienone is 1. The van der Waals surface area contributed by atoms with E-state index in [2.05, 4.69) is 21.6 Å². The summed E-state index contributed by atoms with van der Waals surface area (Å²) in [6.07, 6.45) is 6.97. The van der Waals surface area contributed by atoms with Crippen molar-refractivity contribution < 1.29 is 14.4 Å². The Labute approximate surface area is 177 Å². The molecule has 3 heterocycles. The number of fused-ring (bicyclic) bond motifs is 1. The van der Waals surface area contributed by atoms with Crippen LogP contribution in [-0.2, 0) is 18.3 Å². The molecule has 0 spiro atoms. The molecule has 31 heavy (non-hydrogen) atoms. The summed E-state index contributed by atoms with van der Waals surface area (Å²) in [5, 5.41) is 4.87. The molecule has 158 valence electrons. The van der Waals surface area contributed by atoms with Crippen molar-refractivity contribution in [2.75, 3.05) is 0 Å². The van der Waals surface area contributed by atoms with E-state index >= 15 is 0 Å². The zero-order valence-electron chi connectivity index (χ0n) is 16.8. The van der Waals surface area contributed by atoms with Gasteiger partial charge < -0.3 is 4.57 Å². The minimum absolute atomic E-state index is 0.275. The van der Waals surface area contributed by atoms with Crippen LogP contribution in [0.2, 0.25) is 0 Å². The molecule has 0 saturated carbocycles. The molecule has 10 nitrogen and oxygen atoms in total. The molecule has 0 fully saturated rings. The first-order chi connectivity index (χ1) is 15.0. The zero-order chi connectivity index (χ0) is 22.0. The summed E-state index contributed by atoms with van der Waals surface area (Å²) in [4.78, 5) is 51.4. The van der Waals surface area contributed by atoms with Gasteiger partial charge in [-0.2, -0.15) is 10.1 Å². The summed E-state index contributed by atoms with van der Waals surface area (Å²) >= 11 is 0. The molecule has 0 aliphatic carbocycles. The number of hydrogen-bond acceptors (Lipinski definition) is 7. The molecule has 0 bridgehead atoms. The van der Waals surface area contributed by atoms with Crippen molar-refractivity contribution in [1.29, 1.82) is 0 Å². The quantitative estimate of drug-likeness (QED) is 0.401. The fraction of sp³-hybridized carbons (Fsp3) is 0.238. The van der Waals surface area contributed by atoms with Crippen molar-refractivity contribution in [1.82, 2.24) is 29.4 Å². The molecule has 1 atom stereocenters. The molecule has 4 rings (SSSR count). The number of imide groups is 1. The second-order valence-corrected chi connectivity index (χ2v) is 7.07. The van der Waals surface area contributed by atoms with Gasteiger partial charge in [-0.05, 0) is 25.0 Å². The highest BCUT2D eigenvalue weighted by molar-refractivity contribution is 6.20. The summed E-state index contributed by atoms with van der Waals surface area (Å²) in [5.74, 6) is -0.686. The standard InChI is InChI=1S/C21H20N6O4/c1-3-4-7-15(31-27-19(28)16-8-5-6-9-17(16)20(27)29)10-14-11-25(2)21(30)24-18(14)26-13-22-12-23-26/h3,5-6,8-9,11-13,15H,1,4,7,10H2,2H3. The van der Waals surface area contributed by atoms with Crippen LogP contribution in [0.3, 0.4) is 0 Å². The number of hydroxylamine groups is 2. The van der Waals surface area contributed by atoms with Gasteiger partial charge in [0.1, 0.15) is 12.7 Å². The Hall–Kier alpha value is -3.92. The van der Waals surface area contributed by atoms with Crippen molar-refractivity contribution in [3.05, 3.63) is 82.9 Å². The van der Waals surface area contributed by atoms with Crippen LogP contribution in [0, 0.1) is 0 Å². The Morgan fingerprint density at radius 1 is 1.16 bits per heavy atom. The van der Waals surface area contributed by atoms with Crippen molar-refractivity contribution in [3.63, 3.8) is 0 Å². The number of aromatic nitrogens is 5. The minimum Gasteiger partial charge on any atom is -0.302 e. The number of rotatable bonds is 8. The average Bonchev–Trinajstić information content (AvgIpc) is 3.38. The molecular weight excluding hydrogens is 400 g/mol. The fourth-order valence-corrected chi connectivity index (χ4v) is 3.40. The maximum atomic E-state index is 12.7. The molecule has 1 unspecified atom stereocenters. The Balaban J connectivity index is 1.64. The Bertz CT molecular complexity index is 1170. The van der Waals surface area contributed by atoms with Crippen LogP contribution in [0.15, 0.2) is 60.6 Å². The van der Waals surface area contributed by atoms with E-state index in [-0.39, 0.29) is 6.42 Å². The van der Waals surface area contributed by atoms with E-state index in [9.17, 15) is 14.4 Å². The predicted octanol–water partition coefficient (Wildman–Crippen LogP) is 1.47. The third kappa shape index (κ3) is 3.92. The maximum absolute atomic E-state index is 12.7. The first kappa shape index (κ1) is 20.4. The Kier molecular flexibility index (Phi) is 5.54. The SMILES string of the molecule is C=CCCC(Cc1cn(C)c(=O)nc1-n1cncn1)ON1C(=O)c2ccccc2C1=O. The summed E-state index contributed by atoms with van der Waals surface area (Å²) < 4.78 is 2.74. The molecular formula is C21H20N6O4. The molecule has 10 heteroatoms. The van der Waals surface area contributed by atoms with Crippen molar-refractivity contribution in [2.24, 2.45) is 7.05 Å². The lowest BCUT2D eigenvalue weighted by molar-refractivity contribution is -0.133. The number of carbonyl (C=O) groups excluding carboxylic acids is 2. The smallest absolute Gasteiger partial charge is 0.302 e. The normalized spacial score (nSPS) is 14.0. The topological polar surface area (TPSA) is 112 Å². The Morgan fingerprint density at radius 3 is 2.48 bits per heavy atom. The van der Waals surface area contributed by atoms with Crippen molar-refractivity contribution in [2.45, 2.75) is 25.4 Å². The van der Waals surface area contributed by atoms with Gasteiger partial charge in [0.15, 0.2) is 5.82 Å². The summed E-state index contributed by atoms with van der Waals surface area (Å²) in [6, 6.07) is 6.58. The van der Waals surface area contributed by atoms with Crippen molar-refractivity contribution in [3.8, 4) is 5.82 Å². The third-order valence-electron chi connectivity index (χ3n) is 4.93. The van der Waals surface area contributed by atoms with Gasteiger partial charge in [0, 0.05) is 25.2 Å². The minimum atomic E-state index is -0.554. The van der Waals surface area contributed by atoms with Gasteiger partial charge in [-0.25, -0.2) is 14.5 Å². The van der Waals surface area contributed by atoms with Gasteiger partial charge in [-0.1, -0.05) is 18.2 Å². The molecule has 3 aromatic rings. The van der Waals surface area contributed by atoms with Crippen LogP contribution in [0.1, 0.15) is 39.1 Å². The van der Waals surface area contributed by atoms with E-state index in [4.69, 9.17) is 4.84 Å². The van der Waals surface area contributed by atoms with Crippen LogP contribution in [0.25, 0.3) is 5.82 Å². The number of amides is 2. The highest BCUT2D eigenvalue weighted by atomic mass is 16.7. The van der Waals surface area contributed by atoms with Crippen LogP contribution in [0.5, 0.6) is 0 Å². The van der Waals surface area contributed by atoms with Gasteiger partial charge in [0.05, 0.1) is 17.2 Å². The van der Waals surface area contributed by atoms with E-state index in [1.807, 2.05) is 0 Å². The summed E-state index contributed by atoms with van der Waals surface area (Å²) in [5.41, 5.74) is 0.820. The number of nitrogens with zero attached hydrogens (tertiary/aromatic N) is 6. The van der Waals surface area contributed by atoms with Gasteiger partial charge in [0.2, 0.25) is 0 Å². The largest absolute Gasteiger partial charge is 0.349 e. The summed E-state index contributed by atoms with van der Waals surface area (Å²) in [6.45, 7) is 3.73. The number of benzene rings is 1. The van der Waals surface area contributed by atoms with Gasteiger partial charge >= 0.3 is 5.69 Å². The first-order valence-electron chi connectivity index (χ1n) is 9.66. The third-order valence-corrected chi connectivity index (χ3v) is 4.93. The zero-order valence-corrected chi connectivity index (χ0v) is 16.8. The van der Waals surface area contributed by atoms with Crippen LogP contribution >= 0.6 is 0 Å². The highest BCUT2D eigenvalue weighted by Gasteiger charge is 2.38. The molecule has 1 aliphatic rings. The lowest BCUT2D eigenvalue weighted by atomic mass is 10.1. The lowest BCUT2D eigenvalue weighted by Crippen LogP contribution is -2.36. The highest BCUT2D eigenvalue weighted by Crippen LogP contribution is 2.25. The number of carbonyl (C=O) groups is 2. The second-order valence-electron chi connectivity index (χ2n) is 7.07. The van der Waals surface area contributed by atoms with Crippen LogP contribution in [0.4, 0.5) is 0 Å². The van der Waals surface area contributed by atoms with E-state index < -0.39 is 23.6 Å². The van der Waals surface area contributed by atoms with E-state index in [1.54, 1.807) is 43.6 Å². The van der Waals surface area contributed by atoms with Gasteiger partial charge in [0.25, 0.3) is 11.8 Å². The molecule has 2 aromatic heterocycles. The maximum Gasteiger partial charge on any atom is 0.349 e. The average molecular weight is 420 g/mol. The summed E-state index contributed by atoms with van der Waals surface area (Å²) in [7, 11) is 1.59. The number of aryl methyl sites for hydroxylation is 1. The fourth-order valence-electron chi connectivity index (χ4n) is 3.40. The number of hydrogen-bond donors (Lipinski definition) is 0. The van der Waals surface area contributed by atoms with Crippen molar-refractivity contribution >= 4 is 11.8 Å². The van der Waals surface area contributed by atoms with E-state index in [1.165, 1.54) is 21.9 Å². The molecule has 0 saturated heterocycles. The van der Waals surface area contributed by atoms with Crippen LogP contribution in [-0.4, -0.2) is 47.3 Å². The molecule has 2 amide bonds. The van der Waals surface area contributed by atoms with Crippen LogP contribution < -0.4 is 5.69 Å². The Morgan fingerprint density at radius 2 is 1.87 bits per heavy atom. The second kappa shape index (κ2) is 8.44. The molecule has 1 aromatic carbocycles. The van der Waals surface area contributed by atoms with E-state index in [0.717, 1.165) is 5.06 Å². The lowest BCUT2D eigenvalue weighted by Gasteiger charge is -2.23. The molecule has 1 aliphatic heterocycles.